The van der Waals surface area contributed by atoms with Crippen molar-refractivity contribution in [3.05, 3.63) is 12.4 Å². The van der Waals surface area contributed by atoms with Gasteiger partial charge in [0, 0.05) is 46.6 Å². The van der Waals surface area contributed by atoms with Gasteiger partial charge in [0.05, 0.1) is 0 Å². The highest BCUT2D eigenvalue weighted by Gasteiger charge is 2.18. The Morgan fingerprint density at radius 3 is 2.27 bits per heavy atom. The van der Waals surface area contributed by atoms with Gasteiger partial charge >= 0.3 is 0 Å². The van der Waals surface area contributed by atoms with Crippen molar-refractivity contribution in [3.63, 3.8) is 0 Å². The zero-order valence-corrected chi connectivity index (χ0v) is 7.45. The smallest absolute Gasteiger partial charge is 0.102 e. The summed E-state index contributed by atoms with van der Waals surface area (Å²) >= 11 is 0. The Balaban J connectivity index is 2.33. The molecule has 0 amide bonds. The maximum Gasteiger partial charge on any atom is 0.102 e. The minimum absolute atomic E-state index is 0.481. The number of hydrogen-bond acceptors (Lipinski definition) is 3. The van der Waals surface area contributed by atoms with Crippen molar-refractivity contribution in [1.82, 2.24) is 9.80 Å². The van der Waals surface area contributed by atoms with Crippen LogP contribution in [0.4, 0.5) is 0 Å². The SMILES string of the molecule is COCCC1N(C)C=CN1C. The molecular formula is C8H16N2O. The van der Waals surface area contributed by atoms with Gasteiger partial charge in [-0.15, -0.1) is 0 Å². The lowest BCUT2D eigenvalue weighted by Crippen LogP contribution is -2.34. The van der Waals surface area contributed by atoms with Crippen molar-refractivity contribution in [2.75, 3.05) is 27.8 Å². The van der Waals surface area contributed by atoms with Crippen LogP contribution in [-0.4, -0.2) is 43.8 Å². The summed E-state index contributed by atoms with van der Waals surface area (Å²) in [6.07, 6.45) is 5.70. The largest absolute Gasteiger partial charge is 0.385 e. The molecule has 1 aliphatic heterocycles. The minimum Gasteiger partial charge on any atom is -0.385 e. The monoisotopic (exact) mass is 156 g/mol. The van der Waals surface area contributed by atoms with Crippen molar-refractivity contribution in [2.45, 2.75) is 12.6 Å². The third kappa shape index (κ3) is 1.87. The van der Waals surface area contributed by atoms with Gasteiger partial charge in [-0.2, -0.15) is 0 Å². The molecule has 0 spiro atoms. The highest BCUT2D eigenvalue weighted by Crippen LogP contribution is 2.13. The summed E-state index contributed by atoms with van der Waals surface area (Å²) in [5.74, 6) is 0. The average molecular weight is 156 g/mol. The van der Waals surface area contributed by atoms with E-state index >= 15 is 0 Å². The Hall–Kier alpha value is -0.700. The summed E-state index contributed by atoms with van der Waals surface area (Å²) in [5, 5.41) is 0. The van der Waals surface area contributed by atoms with Crippen LogP contribution in [0.15, 0.2) is 12.4 Å². The fraction of sp³-hybridized carbons (Fsp3) is 0.750. The lowest BCUT2D eigenvalue weighted by molar-refractivity contribution is 0.123. The summed E-state index contributed by atoms with van der Waals surface area (Å²) in [7, 11) is 5.91. The first-order chi connectivity index (χ1) is 5.25. The average Bonchev–Trinajstić information content (AvgIpc) is 2.29. The Kier molecular flexibility index (Phi) is 2.76. The number of ether oxygens (including phenoxy) is 1. The number of methoxy groups -OCH3 is 1. The van der Waals surface area contributed by atoms with Gasteiger partial charge in [0.2, 0.25) is 0 Å². The zero-order chi connectivity index (χ0) is 8.27. The molecule has 0 bridgehead atoms. The van der Waals surface area contributed by atoms with Crippen LogP contribution in [0, 0.1) is 0 Å². The molecule has 0 saturated heterocycles. The van der Waals surface area contributed by atoms with Crippen LogP contribution in [-0.2, 0) is 4.74 Å². The van der Waals surface area contributed by atoms with Gasteiger partial charge in [0.15, 0.2) is 0 Å². The molecule has 0 aliphatic carbocycles. The Labute approximate surface area is 68.2 Å². The van der Waals surface area contributed by atoms with E-state index < -0.39 is 0 Å². The highest BCUT2D eigenvalue weighted by atomic mass is 16.5. The van der Waals surface area contributed by atoms with Gasteiger partial charge in [-0.3, -0.25) is 0 Å². The Morgan fingerprint density at radius 1 is 1.27 bits per heavy atom. The molecule has 11 heavy (non-hydrogen) atoms. The zero-order valence-electron chi connectivity index (χ0n) is 7.45. The summed E-state index contributed by atoms with van der Waals surface area (Å²) < 4.78 is 5.02. The van der Waals surface area contributed by atoms with Gasteiger partial charge in [-0.1, -0.05) is 0 Å². The van der Waals surface area contributed by atoms with Crippen LogP contribution in [0.2, 0.25) is 0 Å². The molecule has 0 unspecified atom stereocenters. The van der Waals surface area contributed by atoms with Crippen molar-refractivity contribution in [2.24, 2.45) is 0 Å². The molecule has 64 valence electrons. The van der Waals surface area contributed by atoms with Crippen molar-refractivity contribution in [1.29, 1.82) is 0 Å². The third-order valence-corrected chi connectivity index (χ3v) is 2.06. The summed E-state index contributed by atoms with van der Waals surface area (Å²) in [6, 6.07) is 0. The van der Waals surface area contributed by atoms with Crippen LogP contribution in [0.25, 0.3) is 0 Å². The van der Waals surface area contributed by atoms with Gasteiger partial charge in [0.25, 0.3) is 0 Å². The fourth-order valence-corrected chi connectivity index (χ4v) is 1.33. The van der Waals surface area contributed by atoms with Gasteiger partial charge in [-0.25, -0.2) is 0 Å². The van der Waals surface area contributed by atoms with Crippen LogP contribution in [0.3, 0.4) is 0 Å². The Morgan fingerprint density at radius 2 is 1.82 bits per heavy atom. The maximum atomic E-state index is 5.02. The van der Waals surface area contributed by atoms with E-state index in [4.69, 9.17) is 4.74 Å². The van der Waals surface area contributed by atoms with Crippen LogP contribution in [0.5, 0.6) is 0 Å². The number of nitrogens with zero attached hydrogens (tertiary/aromatic N) is 2. The molecule has 0 N–H and O–H groups in total. The number of rotatable bonds is 3. The standard InChI is InChI=1S/C8H16N2O/c1-9-5-6-10(2)8(9)4-7-11-3/h5-6,8H,4,7H2,1-3H3. The maximum absolute atomic E-state index is 5.02. The van der Waals surface area contributed by atoms with Crippen molar-refractivity contribution < 1.29 is 4.74 Å². The fourth-order valence-electron chi connectivity index (χ4n) is 1.33. The molecule has 3 nitrogen and oxygen atoms in total. The Bertz CT molecular complexity index is 135. The molecule has 0 aromatic rings. The molecule has 0 aromatic heterocycles. The van der Waals surface area contributed by atoms with Gasteiger partial charge in [0.1, 0.15) is 6.17 Å². The lowest BCUT2D eigenvalue weighted by Gasteiger charge is -2.26. The summed E-state index contributed by atoms with van der Waals surface area (Å²) in [4.78, 5) is 4.39. The van der Waals surface area contributed by atoms with Crippen molar-refractivity contribution in [3.8, 4) is 0 Å². The van der Waals surface area contributed by atoms with Gasteiger partial charge < -0.3 is 14.5 Å². The minimum atomic E-state index is 0.481. The summed E-state index contributed by atoms with van der Waals surface area (Å²) in [6.45, 7) is 0.820. The van der Waals surface area contributed by atoms with E-state index in [2.05, 4.69) is 36.3 Å². The number of hydrogen-bond donors (Lipinski definition) is 0. The van der Waals surface area contributed by atoms with Crippen molar-refractivity contribution >= 4 is 0 Å². The topological polar surface area (TPSA) is 15.7 Å². The molecular weight excluding hydrogens is 140 g/mol. The first-order valence-corrected chi connectivity index (χ1v) is 3.87. The lowest BCUT2D eigenvalue weighted by atomic mass is 10.3. The molecule has 1 aliphatic rings. The van der Waals surface area contributed by atoms with E-state index in [0.29, 0.717) is 6.17 Å². The second-order valence-corrected chi connectivity index (χ2v) is 2.89. The highest BCUT2D eigenvalue weighted by molar-refractivity contribution is 4.93. The summed E-state index contributed by atoms with van der Waals surface area (Å²) in [5.41, 5.74) is 0. The molecule has 0 saturated carbocycles. The molecule has 0 atom stereocenters. The van der Waals surface area contributed by atoms with E-state index in [1.807, 2.05) is 0 Å². The quantitative estimate of drug-likeness (QED) is 0.598. The van der Waals surface area contributed by atoms with Gasteiger partial charge in [-0.05, 0) is 0 Å². The van der Waals surface area contributed by atoms with E-state index in [1.165, 1.54) is 0 Å². The second kappa shape index (κ2) is 3.62. The van der Waals surface area contributed by atoms with E-state index in [0.717, 1.165) is 13.0 Å². The van der Waals surface area contributed by atoms with E-state index in [9.17, 15) is 0 Å². The normalized spacial score (nSPS) is 18.5. The van der Waals surface area contributed by atoms with Crippen LogP contribution in [0.1, 0.15) is 6.42 Å². The molecule has 0 fully saturated rings. The molecule has 1 heterocycles. The van der Waals surface area contributed by atoms with Crippen LogP contribution >= 0.6 is 0 Å². The van der Waals surface area contributed by atoms with E-state index in [-0.39, 0.29) is 0 Å². The first-order valence-electron chi connectivity index (χ1n) is 3.87. The molecule has 0 radical (unpaired) electrons. The van der Waals surface area contributed by atoms with E-state index in [1.54, 1.807) is 7.11 Å². The molecule has 0 aromatic carbocycles. The molecule has 1 rings (SSSR count). The third-order valence-electron chi connectivity index (χ3n) is 2.06. The first kappa shape index (κ1) is 8.40. The predicted molar refractivity (Wildman–Crippen MR) is 44.9 cm³/mol. The predicted octanol–water partition coefficient (Wildman–Crippen LogP) is 0.697. The molecule has 3 heteroatoms. The second-order valence-electron chi connectivity index (χ2n) is 2.89. The van der Waals surface area contributed by atoms with Crippen LogP contribution < -0.4 is 0 Å².